The van der Waals surface area contributed by atoms with Crippen molar-refractivity contribution in [3.8, 4) is 5.75 Å². The number of carbonyl (C=O) groups excluding carboxylic acids is 1. The Morgan fingerprint density at radius 1 is 1.03 bits per heavy atom. The Hall–Kier alpha value is -2.79. The van der Waals surface area contributed by atoms with Gasteiger partial charge in [-0.3, -0.25) is 4.79 Å². The van der Waals surface area contributed by atoms with Crippen molar-refractivity contribution < 1.29 is 9.53 Å². The van der Waals surface area contributed by atoms with Crippen LogP contribution in [0.25, 0.3) is 10.9 Å². The predicted molar refractivity (Wildman–Crippen MR) is 135 cm³/mol. The van der Waals surface area contributed by atoms with Gasteiger partial charge >= 0.3 is 0 Å². The van der Waals surface area contributed by atoms with Crippen LogP contribution in [0.1, 0.15) is 49.3 Å². The van der Waals surface area contributed by atoms with E-state index in [2.05, 4.69) is 52.2 Å². The lowest BCUT2D eigenvalue weighted by atomic mass is 9.93. The van der Waals surface area contributed by atoms with Crippen LogP contribution in [0.5, 0.6) is 5.75 Å². The lowest BCUT2D eigenvalue weighted by Crippen LogP contribution is -2.37. The van der Waals surface area contributed by atoms with Crippen LogP contribution in [-0.2, 0) is 11.2 Å². The van der Waals surface area contributed by atoms with Gasteiger partial charge in [0.05, 0.1) is 13.0 Å². The highest BCUT2D eigenvalue weighted by atomic mass is 16.5. The molecule has 2 aromatic carbocycles. The molecule has 0 spiro atoms. The topological polar surface area (TPSA) is 48.6 Å². The van der Waals surface area contributed by atoms with E-state index in [1.54, 1.807) is 7.11 Å². The largest absolute Gasteiger partial charge is 0.497 e. The molecule has 0 radical (unpaired) electrons. The molecule has 1 amide bonds. The fraction of sp³-hybridized carbons (Fsp3) is 0.464. The summed E-state index contributed by atoms with van der Waals surface area (Å²) in [6.07, 6.45) is 6.53. The Morgan fingerprint density at radius 2 is 1.79 bits per heavy atom. The van der Waals surface area contributed by atoms with Crippen LogP contribution >= 0.6 is 0 Å². The third kappa shape index (κ3) is 6.17. The van der Waals surface area contributed by atoms with Gasteiger partial charge in [0.25, 0.3) is 0 Å². The highest BCUT2D eigenvalue weighted by Crippen LogP contribution is 2.25. The van der Waals surface area contributed by atoms with Crippen molar-refractivity contribution in [1.82, 2.24) is 14.8 Å². The van der Waals surface area contributed by atoms with E-state index in [1.807, 2.05) is 24.3 Å². The first-order chi connectivity index (χ1) is 16.1. The second-order valence-electron chi connectivity index (χ2n) is 9.29. The van der Waals surface area contributed by atoms with E-state index in [4.69, 9.17) is 4.74 Å². The summed E-state index contributed by atoms with van der Waals surface area (Å²) in [4.78, 5) is 21.5. The van der Waals surface area contributed by atoms with E-state index in [1.165, 1.54) is 23.9 Å². The number of aromatic nitrogens is 1. The average molecular weight is 448 g/mol. The molecule has 1 aliphatic heterocycles. The van der Waals surface area contributed by atoms with Crippen molar-refractivity contribution in [3.05, 3.63) is 65.9 Å². The normalized spacial score (nSPS) is 15.5. The third-order valence-corrected chi connectivity index (χ3v) is 6.86. The van der Waals surface area contributed by atoms with Crippen LogP contribution in [0.3, 0.4) is 0 Å². The van der Waals surface area contributed by atoms with E-state index in [9.17, 15) is 4.79 Å². The standard InChI is InChI=1S/C28H37N3O2/c1-30(18-14-24-20-23-21-25(33-2)12-13-27(23)29-24)19-15-26(22-10-6-5-7-11-22)28(32)31-16-8-3-4-9-17-31/h5-7,10-13,20-21,26,29H,3-4,8-9,14-19H2,1-2H3. The number of nitrogens with one attached hydrogen (secondary N) is 1. The zero-order valence-corrected chi connectivity index (χ0v) is 20.1. The van der Waals surface area contributed by atoms with Crippen molar-refractivity contribution >= 4 is 16.8 Å². The van der Waals surface area contributed by atoms with Gasteiger partial charge in [0.1, 0.15) is 5.75 Å². The quantitative estimate of drug-likeness (QED) is 0.489. The van der Waals surface area contributed by atoms with E-state index < -0.39 is 0 Å². The molecule has 176 valence electrons. The summed E-state index contributed by atoms with van der Waals surface area (Å²) < 4.78 is 5.34. The zero-order valence-electron chi connectivity index (χ0n) is 20.1. The monoisotopic (exact) mass is 447 g/mol. The number of aromatic amines is 1. The first kappa shape index (κ1) is 23.4. The Bertz CT molecular complexity index is 1020. The number of fused-ring (bicyclic) bond motifs is 1. The molecule has 1 aromatic heterocycles. The number of rotatable bonds is 9. The van der Waals surface area contributed by atoms with E-state index in [0.29, 0.717) is 5.91 Å². The molecule has 1 unspecified atom stereocenters. The molecule has 1 atom stereocenters. The summed E-state index contributed by atoms with van der Waals surface area (Å²) in [7, 11) is 3.86. The summed E-state index contributed by atoms with van der Waals surface area (Å²) in [6, 6.07) is 18.7. The van der Waals surface area contributed by atoms with Crippen molar-refractivity contribution in [2.24, 2.45) is 0 Å². The average Bonchev–Trinajstić information content (AvgIpc) is 3.05. The number of nitrogens with zero attached hydrogens (tertiary/aromatic N) is 2. The minimum Gasteiger partial charge on any atom is -0.497 e. The zero-order chi connectivity index (χ0) is 23.0. The summed E-state index contributed by atoms with van der Waals surface area (Å²) in [6.45, 7) is 3.66. The van der Waals surface area contributed by atoms with Gasteiger partial charge in [0, 0.05) is 42.7 Å². The highest BCUT2D eigenvalue weighted by Gasteiger charge is 2.26. The maximum Gasteiger partial charge on any atom is 0.230 e. The molecule has 3 aromatic rings. The van der Waals surface area contributed by atoms with Crippen molar-refractivity contribution in [1.29, 1.82) is 0 Å². The second-order valence-corrected chi connectivity index (χ2v) is 9.29. The summed E-state index contributed by atoms with van der Waals surface area (Å²) in [5, 5.41) is 1.18. The Morgan fingerprint density at radius 3 is 2.52 bits per heavy atom. The lowest BCUT2D eigenvalue weighted by molar-refractivity contribution is -0.133. The number of likely N-dealkylation sites (tertiary alicyclic amines) is 1. The Labute approximate surface area is 197 Å². The summed E-state index contributed by atoms with van der Waals surface area (Å²) in [5.41, 5.74) is 3.51. The number of hydrogen-bond donors (Lipinski definition) is 1. The second kappa shape index (κ2) is 11.4. The number of amides is 1. The molecule has 0 aliphatic carbocycles. The highest BCUT2D eigenvalue weighted by molar-refractivity contribution is 5.84. The summed E-state index contributed by atoms with van der Waals surface area (Å²) >= 11 is 0. The molecule has 0 bridgehead atoms. The number of carbonyl (C=O) groups is 1. The number of benzene rings is 2. The molecule has 1 saturated heterocycles. The molecule has 1 fully saturated rings. The van der Waals surface area contributed by atoms with Gasteiger partial charge in [0.2, 0.25) is 5.91 Å². The maximum absolute atomic E-state index is 13.5. The number of hydrogen-bond acceptors (Lipinski definition) is 3. The molecule has 5 nitrogen and oxygen atoms in total. The van der Waals surface area contributed by atoms with Gasteiger partial charge in [-0.2, -0.15) is 0 Å². The van der Waals surface area contributed by atoms with Crippen LogP contribution in [0, 0.1) is 0 Å². The van der Waals surface area contributed by atoms with E-state index >= 15 is 0 Å². The van der Waals surface area contributed by atoms with Crippen LogP contribution in [-0.4, -0.2) is 61.0 Å². The van der Waals surface area contributed by atoms with Crippen LogP contribution in [0.2, 0.25) is 0 Å². The Kier molecular flexibility index (Phi) is 8.05. The maximum atomic E-state index is 13.5. The molecule has 5 heteroatoms. The fourth-order valence-corrected chi connectivity index (χ4v) is 4.83. The molecule has 33 heavy (non-hydrogen) atoms. The fourth-order valence-electron chi connectivity index (χ4n) is 4.83. The molecule has 1 aliphatic rings. The Balaban J connectivity index is 1.36. The molecule has 4 rings (SSSR count). The first-order valence-corrected chi connectivity index (χ1v) is 12.3. The number of H-pyrrole nitrogens is 1. The molecule has 1 N–H and O–H groups in total. The third-order valence-electron chi connectivity index (χ3n) is 6.86. The predicted octanol–water partition coefficient (Wildman–Crippen LogP) is 5.23. The van der Waals surface area contributed by atoms with Gasteiger partial charge in [-0.05, 0) is 62.7 Å². The van der Waals surface area contributed by atoms with Crippen molar-refractivity contribution in [3.63, 3.8) is 0 Å². The SMILES string of the molecule is COc1ccc2[nH]c(CCN(C)CCC(C(=O)N3CCCCCC3)c3ccccc3)cc2c1. The smallest absolute Gasteiger partial charge is 0.230 e. The molecule has 2 heterocycles. The van der Waals surface area contributed by atoms with Gasteiger partial charge in [-0.15, -0.1) is 0 Å². The van der Waals surface area contributed by atoms with Gasteiger partial charge in [0.15, 0.2) is 0 Å². The van der Waals surface area contributed by atoms with E-state index in [-0.39, 0.29) is 5.92 Å². The lowest BCUT2D eigenvalue weighted by Gasteiger charge is -2.28. The van der Waals surface area contributed by atoms with Crippen molar-refractivity contribution in [2.75, 3.05) is 40.3 Å². The van der Waals surface area contributed by atoms with E-state index in [0.717, 1.165) is 68.7 Å². The number of methoxy groups -OCH3 is 1. The van der Waals surface area contributed by atoms with Gasteiger partial charge in [-0.1, -0.05) is 43.2 Å². The van der Waals surface area contributed by atoms with Crippen molar-refractivity contribution in [2.45, 2.75) is 44.4 Å². The van der Waals surface area contributed by atoms with Gasteiger partial charge in [-0.25, -0.2) is 0 Å². The minimum absolute atomic E-state index is 0.0627. The molecular weight excluding hydrogens is 410 g/mol. The first-order valence-electron chi connectivity index (χ1n) is 12.3. The number of likely N-dealkylation sites (N-methyl/N-ethyl adjacent to an activating group) is 1. The van der Waals surface area contributed by atoms with Crippen LogP contribution < -0.4 is 4.74 Å². The minimum atomic E-state index is -0.0627. The van der Waals surface area contributed by atoms with Gasteiger partial charge < -0.3 is 19.5 Å². The van der Waals surface area contributed by atoms with Crippen LogP contribution in [0.4, 0.5) is 0 Å². The molecule has 0 saturated carbocycles. The molecular formula is C28H37N3O2. The van der Waals surface area contributed by atoms with Crippen LogP contribution in [0.15, 0.2) is 54.6 Å². The number of ether oxygens (including phenoxy) is 1. The summed E-state index contributed by atoms with van der Waals surface area (Å²) in [5.74, 6) is 1.12.